The van der Waals surface area contributed by atoms with Gasteiger partial charge in [-0.3, -0.25) is 9.67 Å². The van der Waals surface area contributed by atoms with E-state index >= 15 is 0 Å². The number of nitrogens with two attached hydrogens (primary N) is 1. The molecule has 1 aromatic carbocycles. The summed E-state index contributed by atoms with van der Waals surface area (Å²) in [6, 6.07) is 12.1. The van der Waals surface area contributed by atoms with Crippen molar-refractivity contribution >= 4 is 5.69 Å². The van der Waals surface area contributed by atoms with Gasteiger partial charge < -0.3 is 5.73 Å². The van der Waals surface area contributed by atoms with E-state index in [0.717, 1.165) is 46.2 Å². The number of rotatable bonds is 4. The van der Waals surface area contributed by atoms with Crippen LogP contribution in [0.25, 0.3) is 22.4 Å². The molecule has 128 valence electrons. The molecule has 0 spiro atoms. The van der Waals surface area contributed by atoms with Crippen LogP contribution in [0, 0.1) is 12.8 Å². The van der Waals surface area contributed by atoms with Crippen molar-refractivity contribution in [1.29, 1.82) is 0 Å². The van der Waals surface area contributed by atoms with Crippen LogP contribution in [0.5, 0.6) is 0 Å². The van der Waals surface area contributed by atoms with Crippen LogP contribution >= 0.6 is 0 Å². The molecule has 0 saturated heterocycles. The molecular formula is C21H24N4. The second kappa shape index (κ2) is 6.71. The lowest BCUT2D eigenvalue weighted by Crippen LogP contribution is -2.07. The number of hydrogen-bond acceptors (Lipinski definition) is 3. The van der Waals surface area contributed by atoms with Crippen LogP contribution in [0.3, 0.4) is 0 Å². The molecule has 0 unspecified atom stereocenters. The van der Waals surface area contributed by atoms with Gasteiger partial charge in [0.2, 0.25) is 0 Å². The quantitative estimate of drug-likeness (QED) is 0.705. The molecule has 3 aromatic rings. The van der Waals surface area contributed by atoms with Gasteiger partial charge in [0.15, 0.2) is 0 Å². The Bertz CT molecular complexity index is 858. The minimum absolute atomic E-state index is 0.766. The molecule has 1 aliphatic rings. The van der Waals surface area contributed by atoms with E-state index < -0.39 is 0 Å². The summed E-state index contributed by atoms with van der Waals surface area (Å²) >= 11 is 0. The third-order valence-corrected chi connectivity index (χ3v) is 5.08. The molecule has 2 aromatic heterocycles. The molecule has 4 rings (SSSR count). The standard InChI is InChI=1S/C21H24N4/c1-15-6-11-20(21(24-15)17-7-9-19(22)10-8-17)18-12-23-25(14-18)13-16-4-2-3-5-16/h6-12,14,16H,2-5,13,22H2,1H3. The summed E-state index contributed by atoms with van der Waals surface area (Å²) in [6.07, 6.45) is 9.51. The molecule has 0 atom stereocenters. The third kappa shape index (κ3) is 3.43. The van der Waals surface area contributed by atoms with Crippen molar-refractivity contribution in [3.63, 3.8) is 0 Å². The molecule has 0 aliphatic heterocycles. The number of benzene rings is 1. The van der Waals surface area contributed by atoms with Crippen molar-refractivity contribution in [2.75, 3.05) is 5.73 Å². The van der Waals surface area contributed by atoms with E-state index in [9.17, 15) is 0 Å². The van der Waals surface area contributed by atoms with E-state index in [1.54, 1.807) is 0 Å². The maximum absolute atomic E-state index is 5.83. The van der Waals surface area contributed by atoms with Crippen molar-refractivity contribution < 1.29 is 0 Å². The van der Waals surface area contributed by atoms with E-state index in [1.165, 1.54) is 25.7 Å². The fraction of sp³-hybridized carbons (Fsp3) is 0.333. The normalized spacial score (nSPS) is 14.9. The zero-order valence-corrected chi connectivity index (χ0v) is 14.7. The Morgan fingerprint density at radius 1 is 1.04 bits per heavy atom. The lowest BCUT2D eigenvalue weighted by molar-refractivity contribution is 0.429. The first-order chi connectivity index (χ1) is 12.2. The number of nitrogen functional groups attached to an aromatic ring is 1. The largest absolute Gasteiger partial charge is 0.399 e. The molecule has 0 bridgehead atoms. The molecule has 0 amide bonds. The predicted octanol–water partition coefficient (Wildman–Crippen LogP) is 4.69. The molecule has 4 heteroatoms. The molecular weight excluding hydrogens is 308 g/mol. The van der Waals surface area contributed by atoms with Gasteiger partial charge in [-0.25, -0.2) is 0 Å². The van der Waals surface area contributed by atoms with Crippen LogP contribution in [-0.4, -0.2) is 14.8 Å². The first kappa shape index (κ1) is 15.9. The van der Waals surface area contributed by atoms with Crippen molar-refractivity contribution in [3.8, 4) is 22.4 Å². The van der Waals surface area contributed by atoms with E-state index in [2.05, 4.69) is 28.1 Å². The minimum atomic E-state index is 0.766. The van der Waals surface area contributed by atoms with Gasteiger partial charge in [-0.2, -0.15) is 5.10 Å². The fourth-order valence-electron chi connectivity index (χ4n) is 3.71. The Balaban J connectivity index is 1.68. The number of hydrogen-bond donors (Lipinski definition) is 1. The fourth-order valence-corrected chi connectivity index (χ4v) is 3.71. The molecule has 0 radical (unpaired) electrons. The summed E-state index contributed by atoms with van der Waals surface area (Å²) in [7, 11) is 0. The summed E-state index contributed by atoms with van der Waals surface area (Å²) in [5.74, 6) is 0.778. The number of nitrogens with zero attached hydrogens (tertiary/aromatic N) is 3. The summed E-state index contributed by atoms with van der Waals surface area (Å²) in [6.45, 7) is 3.05. The molecule has 2 N–H and O–H groups in total. The number of aromatic nitrogens is 3. The number of anilines is 1. The van der Waals surface area contributed by atoms with Gasteiger partial charge in [-0.05, 0) is 43.9 Å². The highest BCUT2D eigenvalue weighted by molar-refractivity contribution is 5.80. The van der Waals surface area contributed by atoms with E-state index in [0.29, 0.717) is 0 Å². The van der Waals surface area contributed by atoms with Crippen molar-refractivity contribution in [2.45, 2.75) is 39.2 Å². The van der Waals surface area contributed by atoms with E-state index in [4.69, 9.17) is 10.7 Å². The average molecular weight is 332 g/mol. The van der Waals surface area contributed by atoms with Gasteiger partial charge in [0.1, 0.15) is 0 Å². The number of pyridine rings is 1. The van der Waals surface area contributed by atoms with Crippen molar-refractivity contribution in [2.24, 2.45) is 5.92 Å². The zero-order chi connectivity index (χ0) is 17.2. The topological polar surface area (TPSA) is 56.7 Å². The van der Waals surface area contributed by atoms with Crippen molar-refractivity contribution in [1.82, 2.24) is 14.8 Å². The van der Waals surface area contributed by atoms with Crippen LogP contribution in [0.1, 0.15) is 31.4 Å². The highest BCUT2D eigenvalue weighted by Crippen LogP contribution is 2.32. The second-order valence-corrected chi connectivity index (χ2v) is 7.07. The first-order valence-electron chi connectivity index (χ1n) is 9.05. The van der Waals surface area contributed by atoms with Crippen LogP contribution in [0.2, 0.25) is 0 Å². The third-order valence-electron chi connectivity index (χ3n) is 5.08. The van der Waals surface area contributed by atoms with Gasteiger partial charge >= 0.3 is 0 Å². The highest BCUT2D eigenvalue weighted by atomic mass is 15.3. The molecule has 1 fully saturated rings. The van der Waals surface area contributed by atoms with E-state index in [1.807, 2.05) is 37.4 Å². The zero-order valence-electron chi connectivity index (χ0n) is 14.7. The molecule has 4 nitrogen and oxygen atoms in total. The number of aryl methyl sites for hydroxylation is 1. The second-order valence-electron chi connectivity index (χ2n) is 7.07. The van der Waals surface area contributed by atoms with Gasteiger partial charge in [0.05, 0.1) is 11.9 Å². The van der Waals surface area contributed by atoms with Crippen LogP contribution in [0.4, 0.5) is 5.69 Å². The SMILES string of the molecule is Cc1ccc(-c2cnn(CC3CCCC3)c2)c(-c2ccc(N)cc2)n1. The van der Waals surface area contributed by atoms with Gasteiger partial charge in [0.25, 0.3) is 0 Å². The lowest BCUT2D eigenvalue weighted by atomic mass is 10.0. The van der Waals surface area contributed by atoms with Crippen LogP contribution < -0.4 is 5.73 Å². The van der Waals surface area contributed by atoms with Gasteiger partial charge in [-0.15, -0.1) is 0 Å². The first-order valence-corrected chi connectivity index (χ1v) is 9.05. The molecule has 1 aliphatic carbocycles. The average Bonchev–Trinajstić information content (AvgIpc) is 3.28. The van der Waals surface area contributed by atoms with Gasteiger partial charge in [-0.1, -0.05) is 31.0 Å². The Labute approximate surface area is 148 Å². The van der Waals surface area contributed by atoms with Gasteiger partial charge in [0, 0.05) is 40.8 Å². The monoisotopic (exact) mass is 332 g/mol. The summed E-state index contributed by atoms with van der Waals surface area (Å²) in [5.41, 5.74) is 11.9. The maximum Gasteiger partial charge on any atom is 0.0784 e. The lowest BCUT2D eigenvalue weighted by Gasteiger charge is -2.10. The molecule has 25 heavy (non-hydrogen) atoms. The van der Waals surface area contributed by atoms with Crippen LogP contribution in [0.15, 0.2) is 48.8 Å². The summed E-state index contributed by atoms with van der Waals surface area (Å²) in [5, 5.41) is 4.60. The Morgan fingerprint density at radius 3 is 2.56 bits per heavy atom. The molecule has 2 heterocycles. The highest BCUT2D eigenvalue weighted by Gasteiger charge is 2.17. The maximum atomic E-state index is 5.83. The summed E-state index contributed by atoms with van der Waals surface area (Å²) in [4.78, 5) is 4.78. The minimum Gasteiger partial charge on any atom is -0.399 e. The summed E-state index contributed by atoms with van der Waals surface area (Å²) < 4.78 is 2.10. The smallest absolute Gasteiger partial charge is 0.0784 e. The predicted molar refractivity (Wildman–Crippen MR) is 102 cm³/mol. The molecule has 1 saturated carbocycles. The Morgan fingerprint density at radius 2 is 1.80 bits per heavy atom. The Hall–Kier alpha value is -2.62. The Kier molecular flexibility index (Phi) is 4.26. The van der Waals surface area contributed by atoms with Crippen LogP contribution in [-0.2, 0) is 6.54 Å². The van der Waals surface area contributed by atoms with E-state index in [-0.39, 0.29) is 0 Å². The van der Waals surface area contributed by atoms with Crippen molar-refractivity contribution in [3.05, 3.63) is 54.5 Å².